The minimum Gasteiger partial charge on any atom is -0.391 e. The summed E-state index contributed by atoms with van der Waals surface area (Å²) >= 11 is 0. The number of aliphatic hydroxyl groups excluding tert-OH is 1. The highest BCUT2D eigenvalue weighted by Crippen LogP contribution is 2.23. The van der Waals surface area contributed by atoms with E-state index in [2.05, 4.69) is 20.4 Å². The van der Waals surface area contributed by atoms with Gasteiger partial charge in [-0.15, -0.1) is 0 Å². The number of aromatic nitrogens is 4. The second-order valence-electron chi connectivity index (χ2n) is 8.06. The summed E-state index contributed by atoms with van der Waals surface area (Å²) in [5.41, 5.74) is 1.67. The minimum absolute atomic E-state index is 0.0688. The predicted molar refractivity (Wildman–Crippen MR) is 112 cm³/mol. The fourth-order valence-corrected chi connectivity index (χ4v) is 3.86. The molecule has 1 atom stereocenters. The molecule has 164 valence electrons. The molecule has 1 fully saturated rings. The molecule has 1 saturated carbocycles. The zero-order valence-corrected chi connectivity index (χ0v) is 17.6. The number of fused-ring (bicyclic) bond motifs is 1. The van der Waals surface area contributed by atoms with Crippen molar-refractivity contribution in [2.45, 2.75) is 57.8 Å². The van der Waals surface area contributed by atoms with Crippen molar-refractivity contribution in [3.63, 3.8) is 0 Å². The Morgan fingerprint density at radius 1 is 1.29 bits per heavy atom. The number of ether oxygens (including phenoxy) is 1. The van der Waals surface area contributed by atoms with E-state index in [0.29, 0.717) is 17.7 Å². The van der Waals surface area contributed by atoms with Crippen molar-refractivity contribution in [2.24, 2.45) is 0 Å². The maximum atomic E-state index is 13.7. The van der Waals surface area contributed by atoms with Crippen molar-refractivity contribution >= 4 is 16.8 Å². The van der Waals surface area contributed by atoms with Crippen LogP contribution in [0.3, 0.4) is 0 Å². The average Bonchev–Trinajstić information content (AvgIpc) is 3.09. The second-order valence-corrected chi connectivity index (χ2v) is 8.06. The van der Waals surface area contributed by atoms with Crippen LogP contribution in [-0.2, 0) is 4.74 Å². The van der Waals surface area contributed by atoms with Gasteiger partial charge in [0, 0.05) is 29.9 Å². The maximum absolute atomic E-state index is 13.7. The highest BCUT2D eigenvalue weighted by Gasteiger charge is 2.24. The number of aryl methyl sites for hydroxylation is 1. The van der Waals surface area contributed by atoms with E-state index in [9.17, 15) is 14.3 Å². The zero-order valence-electron chi connectivity index (χ0n) is 17.6. The Hall–Kier alpha value is -2.91. The van der Waals surface area contributed by atoms with Crippen LogP contribution >= 0.6 is 0 Å². The smallest absolute Gasteiger partial charge is 0.254 e. The van der Waals surface area contributed by atoms with Gasteiger partial charge < -0.3 is 15.2 Å². The summed E-state index contributed by atoms with van der Waals surface area (Å²) < 4.78 is 20.8. The Balaban J connectivity index is 1.39. The van der Waals surface area contributed by atoms with E-state index in [0.717, 1.165) is 36.8 Å². The summed E-state index contributed by atoms with van der Waals surface area (Å²) in [6.07, 6.45) is 5.89. The summed E-state index contributed by atoms with van der Waals surface area (Å²) in [4.78, 5) is 21.1. The minimum atomic E-state index is -0.469. The van der Waals surface area contributed by atoms with Gasteiger partial charge in [-0.3, -0.25) is 4.79 Å². The first-order chi connectivity index (χ1) is 14.9. The van der Waals surface area contributed by atoms with Crippen LogP contribution in [0.5, 0.6) is 0 Å². The van der Waals surface area contributed by atoms with E-state index >= 15 is 0 Å². The summed E-state index contributed by atoms with van der Waals surface area (Å²) in [6.45, 7) is 3.87. The van der Waals surface area contributed by atoms with Gasteiger partial charge in [-0.05, 0) is 51.7 Å². The van der Waals surface area contributed by atoms with Crippen molar-refractivity contribution in [1.29, 1.82) is 0 Å². The van der Waals surface area contributed by atoms with E-state index < -0.39 is 6.10 Å². The summed E-state index contributed by atoms with van der Waals surface area (Å²) in [7, 11) is 0. The molecule has 0 radical (unpaired) electrons. The molecule has 2 heterocycles. The van der Waals surface area contributed by atoms with Crippen LogP contribution in [0.1, 0.15) is 48.7 Å². The van der Waals surface area contributed by atoms with E-state index in [1.807, 2.05) is 6.92 Å². The topological polar surface area (TPSA) is 102 Å². The highest BCUT2D eigenvalue weighted by molar-refractivity contribution is 5.93. The lowest BCUT2D eigenvalue weighted by molar-refractivity contribution is -0.0210. The van der Waals surface area contributed by atoms with Crippen LogP contribution in [0.4, 0.5) is 4.39 Å². The molecule has 8 nitrogen and oxygen atoms in total. The number of amides is 1. The molecule has 9 heteroatoms. The van der Waals surface area contributed by atoms with Crippen LogP contribution < -0.4 is 5.32 Å². The molecular weight excluding hydrogens is 401 g/mol. The Bertz CT molecular complexity index is 1060. The van der Waals surface area contributed by atoms with Crippen LogP contribution in [0.2, 0.25) is 0 Å². The molecule has 4 rings (SSSR count). The van der Waals surface area contributed by atoms with Gasteiger partial charge in [0.1, 0.15) is 5.82 Å². The van der Waals surface area contributed by atoms with Crippen LogP contribution in [0.15, 0.2) is 30.6 Å². The van der Waals surface area contributed by atoms with E-state index in [1.54, 1.807) is 13.0 Å². The molecule has 0 unspecified atom stereocenters. The first-order valence-electron chi connectivity index (χ1n) is 10.5. The van der Waals surface area contributed by atoms with Crippen molar-refractivity contribution in [1.82, 2.24) is 25.1 Å². The third-order valence-electron chi connectivity index (χ3n) is 5.50. The van der Waals surface area contributed by atoms with E-state index in [-0.39, 0.29) is 29.8 Å². The summed E-state index contributed by atoms with van der Waals surface area (Å²) in [5, 5.41) is 17.6. The lowest BCUT2D eigenvalue weighted by atomic mass is 9.92. The number of nitrogens with zero attached hydrogens (tertiary/aromatic N) is 4. The van der Waals surface area contributed by atoms with Crippen molar-refractivity contribution in [3.8, 4) is 5.95 Å². The van der Waals surface area contributed by atoms with Crippen molar-refractivity contribution in [3.05, 3.63) is 47.7 Å². The van der Waals surface area contributed by atoms with Gasteiger partial charge in [-0.1, -0.05) is 0 Å². The van der Waals surface area contributed by atoms with Crippen LogP contribution in [-0.4, -0.2) is 55.6 Å². The molecule has 0 spiro atoms. The molecule has 0 saturated heterocycles. The fraction of sp³-hybridized carbons (Fsp3) is 0.455. The molecule has 0 bridgehead atoms. The summed E-state index contributed by atoms with van der Waals surface area (Å²) in [5.74, 6) is -0.320. The Morgan fingerprint density at radius 3 is 2.68 bits per heavy atom. The number of carbonyl (C=O) groups is 1. The van der Waals surface area contributed by atoms with Gasteiger partial charge >= 0.3 is 0 Å². The highest BCUT2D eigenvalue weighted by atomic mass is 19.1. The molecule has 1 amide bonds. The molecule has 2 aromatic heterocycles. The van der Waals surface area contributed by atoms with Crippen LogP contribution in [0, 0.1) is 12.7 Å². The van der Waals surface area contributed by atoms with Gasteiger partial charge in [0.05, 0.1) is 35.6 Å². The molecular formula is C22H26FN5O3. The van der Waals surface area contributed by atoms with Crippen LogP contribution in [0.25, 0.3) is 16.9 Å². The molecule has 3 aromatic rings. The van der Waals surface area contributed by atoms with E-state index in [1.165, 1.54) is 29.2 Å². The first-order valence-corrected chi connectivity index (χ1v) is 10.5. The first kappa shape index (κ1) is 21.3. The maximum Gasteiger partial charge on any atom is 0.254 e. The summed E-state index contributed by atoms with van der Waals surface area (Å²) in [6, 6.07) is 4.53. The zero-order chi connectivity index (χ0) is 22.0. The van der Waals surface area contributed by atoms with Gasteiger partial charge in [-0.25, -0.2) is 14.4 Å². The van der Waals surface area contributed by atoms with Crippen molar-refractivity contribution in [2.75, 3.05) is 6.61 Å². The number of benzene rings is 1. The van der Waals surface area contributed by atoms with Gasteiger partial charge in [-0.2, -0.15) is 9.78 Å². The fourth-order valence-electron chi connectivity index (χ4n) is 3.86. The number of carbonyl (C=O) groups excluding carboxylic acids is 1. The second kappa shape index (κ2) is 9.07. The number of rotatable bonds is 6. The standard InChI is InChI=1S/C22H26FN5O3/c1-13(29)12-31-18-6-4-17(5-7-18)26-21(30)15-10-24-22(25-11-15)28-20-9-16(23)3-8-19(20)14(2)27-28/h3,8-11,13,17-18,29H,4-7,12H2,1-2H3,(H,26,30)/t13-,17?,18?/m0/s1. The van der Waals surface area contributed by atoms with E-state index in [4.69, 9.17) is 4.74 Å². The normalized spacial score (nSPS) is 20.0. The van der Waals surface area contributed by atoms with Crippen molar-refractivity contribution < 1.29 is 19.0 Å². The molecule has 1 aliphatic carbocycles. The third-order valence-corrected chi connectivity index (χ3v) is 5.50. The van der Waals surface area contributed by atoms with Gasteiger partial charge in [0.2, 0.25) is 0 Å². The lowest BCUT2D eigenvalue weighted by Gasteiger charge is -2.29. The Kier molecular flexibility index (Phi) is 6.24. The molecule has 1 aliphatic rings. The average molecular weight is 427 g/mol. The molecule has 2 N–H and O–H groups in total. The number of hydrogen-bond acceptors (Lipinski definition) is 6. The lowest BCUT2D eigenvalue weighted by Crippen LogP contribution is -2.39. The molecule has 31 heavy (non-hydrogen) atoms. The number of nitrogens with one attached hydrogen (secondary N) is 1. The quantitative estimate of drug-likeness (QED) is 0.627. The third kappa shape index (κ3) is 4.88. The number of hydrogen-bond donors (Lipinski definition) is 2. The Labute approximate surface area is 179 Å². The molecule has 1 aromatic carbocycles. The largest absolute Gasteiger partial charge is 0.391 e. The monoisotopic (exact) mass is 427 g/mol. The number of halogens is 1. The van der Waals surface area contributed by atoms with Gasteiger partial charge in [0.15, 0.2) is 0 Å². The Morgan fingerprint density at radius 2 is 2.00 bits per heavy atom. The molecule has 0 aliphatic heterocycles. The SMILES string of the molecule is Cc1nn(-c2ncc(C(=O)NC3CCC(OC[C@H](C)O)CC3)cn2)c2cc(F)ccc12. The number of aliphatic hydroxyl groups is 1. The predicted octanol–water partition coefficient (Wildman–Crippen LogP) is 2.70. The van der Waals surface area contributed by atoms with Gasteiger partial charge in [0.25, 0.3) is 11.9 Å².